The van der Waals surface area contributed by atoms with Gasteiger partial charge in [-0.3, -0.25) is 14.9 Å². The van der Waals surface area contributed by atoms with Gasteiger partial charge in [-0.15, -0.1) is 11.3 Å². The summed E-state index contributed by atoms with van der Waals surface area (Å²) in [6.45, 7) is 0. The summed E-state index contributed by atoms with van der Waals surface area (Å²) in [5, 5.41) is 16.3. The number of thiophene rings is 1. The first-order chi connectivity index (χ1) is 15.0. The maximum atomic E-state index is 12.3. The molecule has 4 rings (SSSR count). The molecule has 31 heavy (non-hydrogen) atoms. The molecule has 0 radical (unpaired) electrons. The Balaban J connectivity index is 1.37. The highest BCUT2D eigenvalue weighted by Crippen LogP contribution is 2.29. The van der Waals surface area contributed by atoms with Gasteiger partial charge in [0.1, 0.15) is 0 Å². The summed E-state index contributed by atoms with van der Waals surface area (Å²) in [7, 11) is 0. The van der Waals surface area contributed by atoms with Crippen molar-refractivity contribution in [3.05, 3.63) is 98.4 Å². The third kappa shape index (κ3) is 5.29. The molecule has 0 aliphatic carbocycles. The molecule has 4 aromatic rings. The van der Waals surface area contributed by atoms with Crippen LogP contribution >= 0.6 is 34.7 Å². The summed E-state index contributed by atoms with van der Waals surface area (Å²) < 4.78 is 0.800. The maximum absolute atomic E-state index is 12.3. The summed E-state index contributed by atoms with van der Waals surface area (Å²) in [5.74, 6) is -0.366. The van der Waals surface area contributed by atoms with Crippen LogP contribution in [0.25, 0.3) is 10.1 Å². The van der Waals surface area contributed by atoms with E-state index >= 15 is 0 Å². The van der Waals surface area contributed by atoms with Crippen molar-refractivity contribution in [1.29, 1.82) is 0 Å². The van der Waals surface area contributed by atoms with Crippen LogP contribution in [0.15, 0.2) is 87.7 Å². The maximum Gasteiger partial charge on any atom is 0.281 e. The molecular weight excluding hydrogens is 454 g/mol. The van der Waals surface area contributed by atoms with E-state index in [2.05, 4.69) is 10.5 Å². The molecule has 154 valence electrons. The molecule has 0 aliphatic rings. The van der Waals surface area contributed by atoms with E-state index < -0.39 is 4.92 Å². The number of nitrogens with one attached hydrogen (secondary N) is 1. The smallest absolute Gasteiger partial charge is 0.266 e. The number of fused-ring (bicyclic) bond motifs is 1. The van der Waals surface area contributed by atoms with Crippen LogP contribution in [0.1, 0.15) is 15.2 Å². The van der Waals surface area contributed by atoms with Crippen molar-refractivity contribution in [2.24, 2.45) is 5.10 Å². The van der Waals surface area contributed by atoms with Crippen molar-refractivity contribution < 1.29 is 9.72 Å². The Bertz CT molecular complexity index is 1290. The Labute approximate surface area is 190 Å². The topological polar surface area (TPSA) is 84.6 Å². The van der Waals surface area contributed by atoms with Gasteiger partial charge in [-0.05, 0) is 54.1 Å². The molecule has 1 amide bonds. The minimum absolute atomic E-state index is 0.00653. The lowest BCUT2D eigenvalue weighted by Crippen LogP contribution is -2.16. The van der Waals surface area contributed by atoms with Crippen LogP contribution in [0.3, 0.4) is 0 Å². The van der Waals surface area contributed by atoms with Gasteiger partial charge in [0.05, 0.1) is 16.0 Å². The molecule has 1 aromatic heterocycles. The molecule has 0 fully saturated rings. The number of hydrazone groups is 1. The molecule has 0 unspecified atom stereocenters. The third-order valence-electron chi connectivity index (χ3n) is 4.24. The van der Waals surface area contributed by atoms with Crippen molar-refractivity contribution in [2.75, 3.05) is 0 Å². The summed E-state index contributed by atoms with van der Waals surface area (Å²) in [4.78, 5) is 25.4. The van der Waals surface area contributed by atoms with E-state index in [0.717, 1.165) is 20.1 Å². The van der Waals surface area contributed by atoms with Gasteiger partial charge in [-0.1, -0.05) is 35.5 Å². The Hall–Kier alpha value is -3.20. The molecule has 9 heteroatoms. The van der Waals surface area contributed by atoms with Gasteiger partial charge in [-0.2, -0.15) is 5.10 Å². The highest BCUT2D eigenvalue weighted by molar-refractivity contribution is 7.99. The van der Waals surface area contributed by atoms with Gasteiger partial charge in [-0.25, -0.2) is 5.43 Å². The molecule has 0 saturated heterocycles. The number of benzene rings is 3. The minimum atomic E-state index is -0.458. The molecule has 0 atom stereocenters. The number of hydrogen-bond donors (Lipinski definition) is 1. The second kappa shape index (κ2) is 9.30. The van der Waals surface area contributed by atoms with Gasteiger partial charge in [0.2, 0.25) is 0 Å². The number of rotatable bonds is 6. The number of carbonyl (C=O) groups excluding carboxylic acids is 1. The highest BCUT2D eigenvalue weighted by atomic mass is 35.5. The average molecular weight is 468 g/mol. The number of non-ortho nitro benzene ring substituents is 1. The highest BCUT2D eigenvalue weighted by Gasteiger charge is 2.12. The van der Waals surface area contributed by atoms with E-state index in [1.54, 1.807) is 30.1 Å². The minimum Gasteiger partial charge on any atom is -0.266 e. The van der Waals surface area contributed by atoms with Crippen LogP contribution in [-0.2, 0) is 0 Å². The standard InChI is InChI=1S/C22H14ClN3O3S2/c23-16-3-8-19(9-4-16)30-18-6-1-14(2-7-18)13-24-25-22(27)21-12-15-11-17(26(28)29)5-10-20(15)31-21/h1-13H,(H,25,27). The lowest BCUT2D eigenvalue weighted by atomic mass is 10.2. The number of carbonyl (C=O) groups is 1. The number of halogens is 1. The van der Waals surface area contributed by atoms with Crippen molar-refractivity contribution in [3.63, 3.8) is 0 Å². The monoisotopic (exact) mass is 467 g/mol. The summed E-state index contributed by atoms with van der Waals surface area (Å²) in [5.41, 5.74) is 3.33. The SMILES string of the molecule is O=C(NN=Cc1ccc(Sc2ccc(Cl)cc2)cc1)c1cc2cc([N+](=O)[O-])ccc2s1. The van der Waals surface area contributed by atoms with E-state index in [-0.39, 0.29) is 11.6 Å². The van der Waals surface area contributed by atoms with Gasteiger partial charge >= 0.3 is 0 Å². The lowest BCUT2D eigenvalue weighted by Gasteiger charge is -2.02. The molecule has 1 heterocycles. The number of nitro groups is 1. The number of hydrogen-bond acceptors (Lipinski definition) is 6. The molecule has 0 saturated carbocycles. The van der Waals surface area contributed by atoms with Crippen molar-refractivity contribution in [2.45, 2.75) is 9.79 Å². The van der Waals surface area contributed by atoms with E-state index in [1.165, 1.54) is 23.5 Å². The zero-order chi connectivity index (χ0) is 21.8. The quantitative estimate of drug-likeness (QED) is 0.202. The van der Waals surface area contributed by atoms with Gasteiger partial charge in [0.15, 0.2) is 0 Å². The van der Waals surface area contributed by atoms with Crippen LogP contribution < -0.4 is 5.43 Å². The van der Waals surface area contributed by atoms with E-state index in [0.29, 0.717) is 15.3 Å². The second-order valence-electron chi connectivity index (χ2n) is 6.41. The van der Waals surface area contributed by atoms with Crippen LogP contribution in [0, 0.1) is 10.1 Å². The van der Waals surface area contributed by atoms with E-state index in [4.69, 9.17) is 11.6 Å². The summed E-state index contributed by atoms with van der Waals surface area (Å²) >= 11 is 8.78. The van der Waals surface area contributed by atoms with Crippen LogP contribution in [-0.4, -0.2) is 17.0 Å². The first-order valence-corrected chi connectivity index (χ1v) is 11.0. The predicted octanol–water partition coefficient (Wildman–Crippen LogP) is 6.38. The molecule has 0 bridgehead atoms. The zero-order valence-corrected chi connectivity index (χ0v) is 18.2. The van der Waals surface area contributed by atoms with Crippen molar-refractivity contribution in [3.8, 4) is 0 Å². The first-order valence-electron chi connectivity index (χ1n) is 9.03. The fourth-order valence-electron chi connectivity index (χ4n) is 2.74. The average Bonchev–Trinajstić information content (AvgIpc) is 3.20. The number of nitro benzene ring substituents is 1. The predicted molar refractivity (Wildman–Crippen MR) is 126 cm³/mol. The van der Waals surface area contributed by atoms with Crippen molar-refractivity contribution in [1.82, 2.24) is 5.43 Å². The fourth-order valence-corrected chi connectivity index (χ4v) is 4.61. The normalized spacial score (nSPS) is 11.1. The zero-order valence-electron chi connectivity index (χ0n) is 15.8. The van der Waals surface area contributed by atoms with Crippen LogP contribution in [0.2, 0.25) is 5.02 Å². The van der Waals surface area contributed by atoms with E-state index in [1.807, 2.05) is 48.5 Å². The van der Waals surface area contributed by atoms with Crippen molar-refractivity contribution >= 4 is 62.6 Å². The molecule has 3 aromatic carbocycles. The van der Waals surface area contributed by atoms with Gasteiger partial charge < -0.3 is 0 Å². The number of amides is 1. The van der Waals surface area contributed by atoms with Crippen LogP contribution in [0.5, 0.6) is 0 Å². The van der Waals surface area contributed by atoms with Gasteiger partial charge in [0, 0.05) is 37.0 Å². The largest absolute Gasteiger partial charge is 0.281 e. The molecule has 6 nitrogen and oxygen atoms in total. The lowest BCUT2D eigenvalue weighted by molar-refractivity contribution is -0.384. The Morgan fingerprint density at radius 2 is 1.71 bits per heavy atom. The second-order valence-corrected chi connectivity index (χ2v) is 9.08. The molecule has 1 N–H and O–H groups in total. The van der Waals surface area contributed by atoms with Crippen LogP contribution in [0.4, 0.5) is 5.69 Å². The summed E-state index contributed by atoms with van der Waals surface area (Å²) in [6.07, 6.45) is 1.56. The number of nitrogens with zero attached hydrogens (tertiary/aromatic N) is 2. The first kappa shape index (κ1) is 21.0. The Morgan fingerprint density at radius 3 is 2.39 bits per heavy atom. The molecule has 0 spiro atoms. The van der Waals surface area contributed by atoms with E-state index in [9.17, 15) is 14.9 Å². The molecular formula is C22H14ClN3O3S2. The third-order valence-corrected chi connectivity index (χ3v) is 6.63. The Kier molecular flexibility index (Phi) is 6.31. The molecule has 0 aliphatic heterocycles. The Morgan fingerprint density at radius 1 is 1.03 bits per heavy atom. The summed E-state index contributed by atoms with van der Waals surface area (Å²) in [6, 6.07) is 21.5. The fraction of sp³-hybridized carbons (Fsp3) is 0. The van der Waals surface area contributed by atoms with Gasteiger partial charge in [0.25, 0.3) is 11.6 Å².